The van der Waals surface area contributed by atoms with Gasteiger partial charge in [-0.25, -0.2) is 8.78 Å². The van der Waals surface area contributed by atoms with Crippen molar-refractivity contribution in [3.05, 3.63) is 58.1 Å². The summed E-state index contributed by atoms with van der Waals surface area (Å²) in [6.07, 6.45) is 0.780. The number of aromatic nitrogens is 1. The Hall–Kier alpha value is -2.80. The Balaban J connectivity index is 1.99. The number of fused-ring (bicyclic) bond motifs is 1. The average Bonchev–Trinajstić information content (AvgIpc) is 2.90. The Labute approximate surface area is 146 Å². The van der Waals surface area contributed by atoms with E-state index in [0.29, 0.717) is 23.0 Å². The van der Waals surface area contributed by atoms with Crippen molar-refractivity contribution in [1.29, 1.82) is 0 Å². The lowest BCUT2D eigenvalue weighted by molar-refractivity contribution is 0.0994. The smallest absolute Gasteiger partial charge is 0.297 e. The zero-order valence-electron chi connectivity index (χ0n) is 13.0. The zero-order chi connectivity index (χ0) is 18.1. The van der Waals surface area contributed by atoms with Crippen molar-refractivity contribution in [2.24, 2.45) is 10.2 Å². The zero-order valence-corrected chi connectivity index (χ0v) is 13.7. The second kappa shape index (κ2) is 6.60. The highest BCUT2D eigenvalue weighted by molar-refractivity contribution is 6.33. The molecule has 0 unspecified atom stereocenters. The fourth-order valence-electron chi connectivity index (χ4n) is 2.37. The Morgan fingerprint density at radius 3 is 2.68 bits per heavy atom. The molecule has 0 aliphatic rings. The summed E-state index contributed by atoms with van der Waals surface area (Å²) in [6, 6.07) is 6.83. The topological polar surface area (TPSA) is 77.8 Å². The molecule has 1 amide bonds. The van der Waals surface area contributed by atoms with Crippen molar-refractivity contribution in [2.75, 3.05) is 0 Å². The summed E-state index contributed by atoms with van der Waals surface area (Å²) in [6.45, 7) is 1.98. The van der Waals surface area contributed by atoms with Gasteiger partial charge in [0.05, 0.1) is 16.1 Å². The van der Waals surface area contributed by atoms with Crippen LogP contribution in [0.2, 0.25) is 5.02 Å². The summed E-state index contributed by atoms with van der Waals surface area (Å²) in [5.41, 5.74) is 1.40. The van der Waals surface area contributed by atoms with Crippen LogP contribution < -0.4 is 0 Å². The molecule has 0 aliphatic carbocycles. The number of carbonyl (C=O) groups is 1. The summed E-state index contributed by atoms with van der Waals surface area (Å²) in [4.78, 5) is 14.8. The van der Waals surface area contributed by atoms with Crippen LogP contribution in [0.15, 0.2) is 40.6 Å². The molecule has 0 atom stereocenters. The van der Waals surface area contributed by atoms with E-state index in [1.54, 1.807) is 6.07 Å². The first kappa shape index (κ1) is 17.0. The molecule has 0 bridgehead atoms. The van der Waals surface area contributed by atoms with Gasteiger partial charge in [-0.2, -0.15) is 0 Å². The molecule has 5 nitrogen and oxygen atoms in total. The van der Waals surface area contributed by atoms with E-state index in [1.165, 1.54) is 0 Å². The first-order valence-corrected chi connectivity index (χ1v) is 7.72. The molecule has 0 radical (unpaired) electrons. The summed E-state index contributed by atoms with van der Waals surface area (Å²) < 4.78 is 26.4. The number of azo groups is 1. The standard InChI is InChI=1S/C17H12ClF2N3O2/c1-2-8-3-4-14-10(5-8)15(17(25)21-14)22-23-16(24)9-6-12(19)13(20)7-11(9)18/h3-7,21,25H,2H2,1H3. The lowest BCUT2D eigenvalue weighted by Crippen LogP contribution is -1.98. The number of amides is 1. The number of aromatic hydroxyl groups is 1. The third-order valence-electron chi connectivity index (χ3n) is 3.71. The van der Waals surface area contributed by atoms with Gasteiger partial charge in [-0.05, 0) is 36.2 Å². The van der Waals surface area contributed by atoms with Crippen molar-refractivity contribution in [1.82, 2.24) is 4.98 Å². The van der Waals surface area contributed by atoms with E-state index in [0.717, 1.165) is 12.0 Å². The monoisotopic (exact) mass is 363 g/mol. The van der Waals surface area contributed by atoms with Gasteiger partial charge in [0.15, 0.2) is 17.3 Å². The summed E-state index contributed by atoms with van der Waals surface area (Å²) >= 11 is 5.74. The summed E-state index contributed by atoms with van der Waals surface area (Å²) in [5, 5.41) is 17.5. The normalized spacial score (nSPS) is 11.5. The molecule has 8 heteroatoms. The molecule has 0 saturated carbocycles. The molecule has 2 aromatic carbocycles. The number of nitrogens with zero attached hydrogens (tertiary/aromatic N) is 2. The van der Waals surface area contributed by atoms with Gasteiger partial charge < -0.3 is 10.1 Å². The quantitative estimate of drug-likeness (QED) is 0.489. The molecule has 1 aromatic heterocycles. The molecule has 3 rings (SSSR count). The first-order valence-electron chi connectivity index (χ1n) is 7.35. The highest BCUT2D eigenvalue weighted by atomic mass is 35.5. The molecule has 1 heterocycles. The van der Waals surface area contributed by atoms with E-state index >= 15 is 0 Å². The van der Waals surface area contributed by atoms with Gasteiger partial charge in [-0.1, -0.05) is 24.6 Å². The van der Waals surface area contributed by atoms with E-state index < -0.39 is 17.5 Å². The second-order valence-corrected chi connectivity index (χ2v) is 5.71. The van der Waals surface area contributed by atoms with Crippen LogP contribution >= 0.6 is 11.6 Å². The summed E-state index contributed by atoms with van der Waals surface area (Å²) in [7, 11) is 0. The van der Waals surface area contributed by atoms with Crippen LogP contribution in [0, 0.1) is 11.6 Å². The number of rotatable bonds is 3. The molecular weight excluding hydrogens is 352 g/mol. The van der Waals surface area contributed by atoms with E-state index in [2.05, 4.69) is 15.2 Å². The SMILES string of the molecule is CCc1ccc2[nH]c(O)c(N=NC(=O)c3cc(F)c(F)cc3Cl)c2c1. The molecule has 0 saturated heterocycles. The fourth-order valence-corrected chi connectivity index (χ4v) is 2.60. The molecule has 25 heavy (non-hydrogen) atoms. The fraction of sp³-hybridized carbons (Fsp3) is 0.118. The van der Waals surface area contributed by atoms with Crippen molar-refractivity contribution in [3.8, 4) is 5.88 Å². The highest BCUT2D eigenvalue weighted by Gasteiger charge is 2.16. The largest absolute Gasteiger partial charge is 0.493 e. The maximum atomic E-state index is 13.3. The average molecular weight is 364 g/mol. The Bertz CT molecular complexity index is 1010. The van der Waals surface area contributed by atoms with Gasteiger partial charge in [0.2, 0.25) is 5.88 Å². The maximum absolute atomic E-state index is 13.3. The number of aromatic amines is 1. The van der Waals surface area contributed by atoms with Gasteiger partial charge in [-0.15, -0.1) is 10.2 Å². The van der Waals surface area contributed by atoms with Gasteiger partial charge in [0.1, 0.15) is 0 Å². The number of benzene rings is 2. The van der Waals surface area contributed by atoms with Crippen molar-refractivity contribution in [2.45, 2.75) is 13.3 Å². The van der Waals surface area contributed by atoms with Gasteiger partial charge in [-0.3, -0.25) is 4.79 Å². The molecule has 0 aliphatic heterocycles. The van der Waals surface area contributed by atoms with Crippen molar-refractivity contribution >= 4 is 34.1 Å². The van der Waals surface area contributed by atoms with Crippen LogP contribution in [0.1, 0.15) is 22.8 Å². The van der Waals surface area contributed by atoms with Gasteiger partial charge in [0.25, 0.3) is 5.91 Å². The van der Waals surface area contributed by atoms with Crippen molar-refractivity contribution < 1.29 is 18.7 Å². The minimum absolute atomic E-state index is 0.0809. The van der Waals surface area contributed by atoms with Crippen molar-refractivity contribution in [3.63, 3.8) is 0 Å². The van der Waals surface area contributed by atoms with E-state index in [1.807, 2.05) is 19.1 Å². The molecule has 0 spiro atoms. The van der Waals surface area contributed by atoms with E-state index in [4.69, 9.17) is 11.6 Å². The highest BCUT2D eigenvalue weighted by Crippen LogP contribution is 2.36. The summed E-state index contributed by atoms with van der Waals surface area (Å²) in [5.74, 6) is -3.59. The number of hydrogen-bond donors (Lipinski definition) is 2. The van der Waals surface area contributed by atoms with Crippen LogP contribution in [0.25, 0.3) is 10.9 Å². The predicted octanol–water partition coefficient (Wildman–Crippen LogP) is 5.29. The van der Waals surface area contributed by atoms with Crippen LogP contribution in [0.3, 0.4) is 0 Å². The Morgan fingerprint density at radius 1 is 1.24 bits per heavy atom. The number of nitrogens with one attached hydrogen (secondary N) is 1. The van der Waals surface area contributed by atoms with Crippen LogP contribution in [-0.2, 0) is 6.42 Å². The maximum Gasteiger partial charge on any atom is 0.297 e. The Kier molecular flexibility index (Phi) is 4.50. The number of halogens is 3. The molecular formula is C17H12ClF2N3O2. The van der Waals surface area contributed by atoms with Crippen LogP contribution in [-0.4, -0.2) is 16.0 Å². The number of aryl methyl sites for hydroxylation is 1. The number of carbonyl (C=O) groups excluding carboxylic acids is 1. The van der Waals surface area contributed by atoms with Crippen LogP contribution in [0.5, 0.6) is 5.88 Å². The minimum atomic E-state index is -1.22. The third kappa shape index (κ3) is 3.23. The molecule has 0 fully saturated rings. The van der Waals surface area contributed by atoms with E-state index in [9.17, 15) is 18.7 Å². The predicted molar refractivity (Wildman–Crippen MR) is 89.6 cm³/mol. The second-order valence-electron chi connectivity index (χ2n) is 5.31. The minimum Gasteiger partial charge on any atom is -0.493 e. The first-order chi connectivity index (χ1) is 11.9. The number of hydrogen-bond acceptors (Lipinski definition) is 3. The lowest BCUT2D eigenvalue weighted by atomic mass is 10.1. The number of H-pyrrole nitrogens is 1. The van der Waals surface area contributed by atoms with E-state index in [-0.39, 0.29) is 22.2 Å². The van der Waals surface area contributed by atoms with Gasteiger partial charge in [0, 0.05) is 5.39 Å². The molecule has 128 valence electrons. The molecule has 2 N–H and O–H groups in total. The molecule has 3 aromatic rings. The third-order valence-corrected chi connectivity index (χ3v) is 4.02. The van der Waals surface area contributed by atoms with Crippen LogP contribution in [0.4, 0.5) is 14.5 Å². The Morgan fingerprint density at radius 2 is 1.96 bits per heavy atom. The van der Waals surface area contributed by atoms with Gasteiger partial charge >= 0.3 is 0 Å². The lowest BCUT2D eigenvalue weighted by Gasteiger charge is -2.00.